The quantitative estimate of drug-likeness (QED) is 0.747. The maximum Gasteiger partial charge on any atom is 0.224 e. The zero-order valence-corrected chi connectivity index (χ0v) is 12.1. The molecule has 0 saturated heterocycles. The van der Waals surface area contributed by atoms with Gasteiger partial charge in [-0.3, -0.25) is 4.79 Å². The van der Waals surface area contributed by atoms with Crippen molar-refractivity contribution in [2.24, 2.45) is 0 Å². The van der Waals surface area contributed by atoms with Crippen molar-refractivity contribution in [2.75, 3.05) is 32.2 Å². The lowest BCUT2D eigenvalue weighted by Gasteiger charge is -2.09. The number of rotatable bonds is 8. The van der Waals surface area contributed by atoms with Crippen LogP contribution < -0.4 is 5.32 Å². The number of benzene rings is 1. The van der Waals surface area contributed by atoms with Crippen molar-refractivity contribution in [2.45, 2.75) is 19.8 Å². The molecule has 0 radical (unpaired) electrons. The van der Waals surface area contributed by atoms with Gasteiger partial charge in [-0.2, -0.15) is 0 Å². The van der Waals surface area contributed by atoms with Gasteiger partial charge < -0.3 is 14.8 Å². The molecular formula is C14H20ClNO3. The molecule has 0 aromatic heterocycles. The molecule has 0 aliphatic carbocycles. The first-order valence-electron chi connectivity index (χ1n) is 6.26. The molecule has 4 nitrogen and oxygen atoms in total. The maximum absolute atomic E-state index is 11.7. The summed E-state index contributed by atoms with van der Waals surface area (Å²) in [5.41, 5.74) is 1.65. The van der Waals surface area contributed by atoms with Gasteiger partial charge in [-0.1, -0.05) is 17.7 Å². The third-order valence-electron chi connectivity index (χ3n) is 2.67. The van der Waals surface area contributed by atoms with Crippen molar-refractivity contribution >= 4 is 23.2 Å². The van der Waals surface area contributed by atoms with Gasteiger partial charge in [0.05, 0.1) is 13.2 Å². The first-order chi connectivity index (χ1) is 9.15. The van der Waals surface area contributed by atoms with Crippen LogP contribution in [0.15, 0.2) is 18.2 Å². The molecule has 0 fully saturated rings. The lowest BCUT2D eigenvalue weighted by Crippen LogP contribution is -2.13. The Labute approximate surface area is 119 Å². The second kappa shape index (κ2) is 8.91. The first kappa shape index (κ1) is 16.0. The summed E-state index contributed by atoms with van der Waals surface area (Å²) in [6, 6.07) is 5.46. The third kappa shape index (κ3) is 6.05. The molecule has 5 heteroatoms. The number of ether oxygens (including phenoxy) is 2. The second-order valence-corrected chi connectivity index (χ2v) is 4.58. The number of carbonyl (C=O) groups is 1. The highest BCUT2D eigenvalue weighted by Crippen LogP contribution is 2.22. The number of nitrogens with one attached hydrogen (secondary N) is 1. The van der Waals surface area contributed by atoms with Gasteiger partial charge in [-0.15, -0.1) is 0 Å². The van der Waals surface area contributed by atoms with E-state index in [4.69, 9.17) is 21.1 Å². The summed E-state index contributed by atoms with van der Waals surface area (Å²) in [6.07, 6.45) is 1.12. The Balaban J connectivity index is 2.26. The van der Waals surface area contributed by atoms with E-state index in [1.807, 2.05) is 19.1 Å². The zero-order chi connectivity index (χ0) is 14.1. The van der Waals surface area contributed by atoms with Gasteiger partial charge in [0.15, 0.2) is 0 Å². The van der Waals surface area contributed by atoms with E-state index in [2.05, 4.69) is 5.32 Å². The molecule has 0 saturated carbocycles. The van der Waals surface area contributed by atoms with E-state index in [1.165, 1.54) is 0 Å². The molecule has 0 bridgehead atoms. The van der Waals surface area contributed by atoms with Crippen LogP contribution in [-0.2, 0) is 14.3 Å². The van der Waals surface area contributed by atoms with Crippen LogP contribution in [0.25, 0.3) is 0 Å². The van der Waals surface area contributed by atoms with Crippen LogP contribution in [0.1, 0.15) is 18.4 Å². The summed E-state index contributed by atoms with van der Waals surface area (Å²) in [5.74, 6) is -0.0271. The van der Waals surface area contributed by atoms with E-state index < -0.39 is 0 Å². The van der Waals surface area contributed by atoms with E-state index in [1.54, 1.807) is 13.2 Å². The van der Waals surface area contributed by atoms with Crippen molar-refractivity contribution in [1.29, 1.82) is 0 Å². The van der Waals surface area contributed by atoms with Crippen LogP contribution >= 0.6 is 11.6 Å². The van der Waals surface area contributed by atoms with Crippen LogP contribution in [0.4, 0.5) is 5.69 Å². The van der Waals surface area contributed by atoms with Gasteiger partial charge >= 0.3 is 0 Å². The zero-order valence-electron chi connectivity index (χ0n) is 11.4. The van der Waals surface area contributed by atoms with E-state index in [9.17, 15) is 4.79 Å². The Bertz CT molecular complexity index is 410. The molecule has 0 aliphatic heterocycles. The standard InChI is InChI=1S/C14H20ClNO3/c1-11-12(15)5-3-6-13(11)16-14(17)7-4-8-19-10-9-18-2/h3,5-6H,4,7-10H2,1-2H3,(H,16,17). The molecule has 0 heterocycles. The van der Waals surface area contributed by atoms with Gasteiger partial charge in [-0.25, -0.2) is 0 Å². The average Bonchev–Trinajstić information content (AvgIpc) is 2.39. The predicted molar refractivity (Wildman–Crippen MR) is 76.7 cm³/mol. The van der Waals surface area contributed by atoms with Crippen LogP contribution in [0.5, 0.6) is 0 Å². The van der Waals surface area contributed by atoms with Crippen LogP contribution in [0.2, 0.25) is 5.02 Å². The minimum Gasteiger partial charge on any atom is -0.382 e. The molecule has 1 rings (SSSR count). The van der Waals surface area contributed by atoms with Gasteiger partial charge in [-0.05, 0) is 31.0 Å². The smallest absolute Gasteiger partial charge is 0.224 e. The first-order valence-corrected chi connectivity index (χ1v) is 6.64. The summed E-state index contributed by atoms with van der Waals surface area (Å²) >= 11 is 5.99. The molecule has 1 N–H and O–H groups in total. The van der Waals surface area contributed by atoms with E-state index in [0.717, 1.165) is 11.3 Å². The number of methoxy groups -OCH3 is 1. The van der Waals surface area contributed by atoms with Crippen LogP contribution in [0, 0.1) is 6.92 Å². The second-order valence-electron chi connectivity index (χ2n) is 4.17. The molecule has 0 spiro atoms. The fraction of sp³-hybridized carbons (Fsp3) is 0.500. The number of anilines is 1. The monoisotopic (exact) mass is 285 g/mol. The third-order valence-corrected chi connectivity index (χ3v) is 3.08. The highest BCUT2D eigenvalue weighted by Gasteiger charge is 2.06. The molecule has 0 atom stereocenters. The van der Waals surface area contributed by atoms with Crippen LogP contribution in [-0.4, -0.2) is 32.8 Å². The molecule has 1 aromatic rings. The molecule has 1 amide bonds. The molecular weight excluding hydrogens is 266 g/mol. The summed E-state index contributed by atoms with van der Waals surface area (Å²) in [6.45, 7) is 3.58. The Morgan fingerprint density at radius 1 is 1.32 bits per heavy atom. The maximum atomic E-state index is 11.7. The highest BCUT2D eigenvalue weighted by atomic mass is 35.5. The average molecular weight is 286 g/mol. The van der Waals surface area contributed by atoms with Gasteiger partial charge in [0.2, 0.25) is 5.91 Å². The number of halogens is 1. The lowest BCUT2D eigenvalue weighted by atomic mass is 10.2. The normalized spacial score (nSPS) is 10.5. The molecule has 106 valence electrons. The predicted octanol–water partition coefficient (Wildman–Crippen LogP) is 3.03. The van der Waals surface area contributed by atoms with Crippen molar-refractivity contribution < 1.29 is 14.3 Å². The lowest BCUT2D eigenvalue weighted by molar-refractivity contribution is -0.116. The Hall–Kier alpha value is -1.10. The summed E-state index contributed by atoms with van der Waals surface area (Å²) in [5, 5.41) is 3.50. The summed E-state index contributed by atoms with van der Waals surface area (Å²) < 4.78 is 10.1. The van der Waals surface area contributed by atoms with Crippen molar-refractivity contribution in [3.8, 4) is 0 Å². The summed E-state index contributed by atoms with van der Waals surface area (Å²) in [7, 11) is 1.63. The van der Waals surface area contributed by atoms with E-state index in [0.29, 0.717) is 37.7 Å². The largest absolute Gasteiger partial charge is 0.382 e. The topological polar surface area (TPSA) is 47.6 Å². The Morgan fingerprint density at radius 3 is 2.84 bits per heavy atom. The van der Waals surface area contributed by atoms with E-state index in [-0.39, 0.29) is 5.91 Å². The fourth-order valence-electron chi connectivity index (χ4n) is 1.53. The Kier molecular flexibility index (Phi) is 7.48. The molecule has 19 heavy (non-hydrogen) atoms. The van der Waals surface area contributed by atoms with E-state index >= 15 is 0 Å². The van der Waals surface area contributed by atoms with Gasteiger partial charge in [0.25, 0.3) is 0 Å². The minimum absolute atomic E-state index is 0.0271. The fourth-order valence-corrected chi connectivity index (χ4v) is 1.71. The van der Waals surface area contributed by atoms with Gasteiger partial charge in [0, 0.05) is 30.8 Å². The molecule has 0 unspecified atom stereocenters. The van der Waals surface area contributed by atoms with Crippen molar-refractivity contribution in [3.63, 3.8) is 0 Å². The number of hydrogen-bond donors (Lipinski definition) is 1. The van der Waals surface area contributed by atoms with Gasteiger partial charge in [0.1, 0.15) is 0 Å². The molecule has 1 aromatic carbocycles. The number of hydrogen-bond acceptors (Lipinski definition) is 3. The number of carbonyl (C=O) groups excluding carboxylic acids is 1. The van der Waals surface area contributed by atoms with Crippen LogP contribution in [0.3, 0.4) is 0 Å². The SMILES string of the molecule is COCCOCCCC(=O)Nc1cccc(Cl)c1C. The summed E-state index contributed by atoms with van der Waals surface area (Å²) in [4.78, 5) is 11.7. The highest BCUT2D eigenvalue weighted by molar-refractivity contribution is 6.31. The number of amides is 1. The minimum atomic E-state index is -0.0271. The Morgan fingerprint density at radius 2 is 2.11 bits per heavy atom. The van der Waals surface area contributed by atoms with Crippen molar-refractivity contribution in [1.82, 2.24) is 0 Å². The molecule has 0 aliphatic rings. The van der Waals surface area contributed by atoms with Crippen molar-refractivity contribution in [3.05, 3.63) is 28.8 Å².